The molecular weight excluding hydrogens is 282 g/mol. The molecule has 0 atom stereocenters. The molecule has 0 amide bonds. The molecule has 2 rings (SSSR count). The molecule has 0 bridgehead atoms. The summed E-state index contributed by atoms with van der Waals surface area (Å²) in [6.45, 7) is -0.451. The molecule has 1 aromatic heterocycles. The fourth-order valence-corrected chi connectivity index (χ4v) is 3.37. The third kappa shape index (κ3) is 3.12. The molecule has 0 aromatic carbocycles. The zero-order valence-electron chi connectivity index (χ0n) is 10.6. The Kier molecular flexibility index (Phi) is 4.01. The summed E-state index contributed by atoms with van der Waals surface area (Å²) in [5.74, 6) is -1.03. The predicted molar refractivity (Wildman–Crippen MR) is 68.1 cm³/mol. The molecule has 0 aliphatic heterocycles. The second-order valence-corrected chi connectivity index (χ2v) is 6.50. The first-order chi connectivity index (χ1) is 9.45. The Labute approximate surface area is 116 Å². The molecule has 1 saturated carbocycles. The lowest BCUT2D eigenvalue weighted by Crippen LogP contribution is -2.37. The van der Waals surface area contributed by atoms with Crippen LogP contribution in [0.4, 0.5) is 0 Å². The van der Waals surface area contributed by atoms with E-state index in [0.29, 0.717) is 0 Å². The molecule has 8 heteroatoms. The monoisotopic (exact) mass is 295 g/mol. The molecule has 7 nitrogen and oxygen atoms in total. The first-order valence-corrected chi connectivity index (χ1v) is 7.46. The van der Waals surface area contributed by atoms with E-state index in [1.165, 1.54) is 18.3 Å². The molecule has 1 heterocycles. The van der Waals surface area contributed by atoms with Crippen LogP contribution in [0.25, 0.3) is 0 Å². The van der Waals surface area contributed by atoms with Gasteiger partial charge in [0.1, 0.15) is 17.5 Å². The Hall–Kier alpha value is -1.98. The second kappa shape index (κ2) is 5.56. The molecular formula is C12H13N3O4S. The second-order valence-electron chi connectivity index (χ2n) is 4.60. The summed E-state index contributed by atoms with van der Waals surface area (Å²) in [5.41, 5.74) is -0.223. The number of hydrogen-bond donors (Lipinski definition) is 1. The Morgan fingerprint density at radius 1 is 1.55 bits per heavy atom. The van der Waals surface area contributed by atoms with Gasteiger partial charge in [-0.25, -0.2) is 13.4 Å². The fraction of sp³-hybridized carbons (Fsp3) is 0.417. The van der Waals surface area contributed by atoms with E-state index in [2.05, 4.69) is 4.98 Å². The zero-order valence-corrected chi connectivity index (χ0v) is 11.4. The fourth-order valence-electron chi connectivity index (χ4n) is 1.81. The van der Waals surface area contributed by atoms with Gasteiger partial charge in [0.25, 0.3) is 0 Å². The lowest BCUT2D eigenvalue weighted by atomic mass is 10.4. The minimum atomic E-state index is -4.03. The van der Waals surface area contributed by atoms with Gasteiger partial charge in [0, 0.05) is 12.7 Å². The van der Waals surface area contributed by atoms with Gasteiger partial charge in [-0.2, -0.15) is 9.57 Å². The van der Waals surface area contributed by atoms with Crippen molar-refractivity contribution in [2.75, 3.05) is 13.1 Å². The molecule has 106 valence electrons. The van der Waals surface area contributed by atoms with E-state index >= 15 is 0 Å². The molecule has 1 N–H and O–H groups in total. The lowest BCUT2D eigenvalue weighted by molar-refractivity contribution is -0.137. The third-order valence-corrected chi connectivity index (χ3v) is 4.81. The van der Waals surface area contributed by atoms with Gasteiger partial charge in [-0.05, 0) is 30.9 Å². The summed E-state index contributed by atoms with van der Waals surface area (Å²) in [6.07, 6.45) is 3.10. The number of carboxylic acid groups (broad SMARTS) is 1. The molecule has 20 heavy (non-hydrogen) atoms. The highest BCUT2D eigenvalue weighted by Gasteiger charge is 2.34. The Bertz CT molecular complexity index is 662. The number of nitrogens with zero attached hydrogens (tertiary/aromatic N) is 3. The van der Waals surface area contributed by atoms with Crippen molar-refractivity contribution >= 4 is 16.0 Å². The van der Waals surface area contributed by atoms with Gasteiger partial charge in [-0.1, -0.05) is 0 Å². The summed E-state index contributed by atoms with van der Waals surface area (Å²) in [6, 6.07) is 4.39. The minimum absolute atomic E-state index is 0.161. The molecule has 1 aliphatic rings. The van der Waals surface area contributed by atoms with Gasteiger partial charge >= 0.3 is 5.97 Å². The lowest BCUT2D eigenvalue weighted by Gasteiger charge is -2.20. The maximum atomic E-state index is 12.5. The van der Waals surface area contributed by atoms with Crippen LogP contribution in [0.15, 0.2) is 23.2 Å². The largest absolute Gasteiger partial charge is 0.480 e. The van der Waals surface area contributed by atoms with E-state index in [9.17, 15) is 13.2 Å². The number of sulfonamides is 1. The molecule has 1 aliphatic carbocycles. The number of aromatic nitrogens is 1. The maximum Gasteiger partial charge on any atom is 0.318 e. The van der Waals surface area contributed by atoms with E-state index in [-0.39, 0.29) is 23.1 Å². The van der Waals surface area contributed by atoms with Crippen molar-refractivity contribution in [3.8, 4) is 6.07 Å². The van der Waals surface area contributed by atoms with E-state index < -0.39 is 22.5 Å². The number of carbonyl (C=O) groups is 1. The van der Waals surface area contributed by atoms with Gasteiger partial charge in [0.15, 0.2) is 5.69 Å². The zero-order chi connectivity index (χ0) is 14.8. The number of nitriles is 1. The number of hydrogen-bond acceptors (Lipinski definition) is 5. The molecule has 0 radical (unpaired) electrons. The average molecular weight is 295 g/mol. The molecule has 1 aromatic rings. The van der Waals surface area contributed by atoms with Crippen molar-refractivity contribution in [2.24, 2.45) is 5.92 Å². The summed E-state index contributed by atoms with van der Waals surface area (Å²) in [4.78, 5) is 14.3. The van der Waals surface area contributed by atoms with Crippen molar-refractivity contribution in [3.63, 3.8) is 0 Å². The highest BCUT2D eigenvalue weighted by atomic mass is 32.2. The summed E-state index contributed by atoms with van der Waals surface area (Å²) in [5, 5.41) is 17.8. The van der Waals surface area contributed by atoms with Crippen LogP contribution in [0.2, 0.25) is 0 Å². The van der Waals surface area contributed by atoms with Crippen LogP contribution < -0.4 is 0 Å². The molecule has 0 unspecified atom stereocenters. The predicted octanol–water partition coefficient (Wildman–Crippen LogP) is 0.439. The van der Waals surface area contributed by atoms with E-state index in [1.54, 1.807) is 6.07 Å². The van der Waals surface area contributed by atoms with Gasteiger partial charge in [-0.15, -0.1) is 0 Å². The Balaban J connectivity index is 2.38. The Morgan fingerprint density at radius 3 is 2.80 bits per heavy atom. The van der Waals surface area contributed by atoms with Crippen LogP contribution in [0.3, 0.4) is 0 Å². The van der Waals surface area contributed by atoms with Crippen LogP contribution in [0.1, 0.15) is 18.5 Å². The van der Waals surface area contributed by atoms with Crippen molar-refractivity contribution < 1.29 is 18.3 Å². The first kappa shape index (κ1) is 14.4. The molecule has 0 saturated heterocycles. The summed E-state index contributed by atoms with van der Waals surface area (Å²) < 4.78 is 25.9. The summed E-state index contributed by atoms with van der Waals surface area (Å²) in [7, 11) is -4.03. The molecule has 1 fully saturated rings. The molecule has 0 spiro atoms. The number of aliphatic carboxylic acids is 1. The quantitative estimate of drug-likeness (QED) is 0.815. The highest BCUT2D eigenvalue weighted by Crippen LogP contribution is 2.31. The van der Waals surface area contributed by atoms with Crippen molar-refractivity contribution in [2.45, 2.75) is 17.7 Å². The Morgan fingerprint density at radius 2 is 2.25 bits per heavy atom. The average Bonchev–Trinajstić information content (AvgIpc) is 3.21. The maximum absolute atomic E-state index is 12.5. The third-order valence-electron chi connectivity index (χ3n) is 2.96. The SMILES string of the molecule is N#Cc1ncccc1S(=O)(=O)N(CC(=O)O)CC1CC1. The van der Waals surface area contributed by atoms with Crippen LogP contribution in [0, 0.1) is 17.2 Å². The van der Waals surface area contributed by atoms with Gasteiger partial charge in [-0.3, -0.25) is 4.79 Å². The van der Waals surface area contributed by atoms with Crippen LogP contribution >= 0.6 is 0 Å². The van der Waals surface area contributed by atoms with E-state index in [1.807, 2.05) is 0 Å². The van der Waals surface area contributed by atoms with E-state index in [4.69, 9.17) is 10.4 Å². The van der Waals surface area contributed by atoms with Gasteiger partial charge in [0.2, 0.25) is 10.0 Å². The smallest absolute Gasteiger partial charge is 0.318 e. The standard InChI is InChI=1S/C12H13N3O4S/c13-6-10-11(2-1-5-14-10)20(18,19)15(8-12(16)17)7-9-3-4-9/h1-2,5,9H,3-4,7-8H2,(H,16,17). The summed E-state index contributed by atoms with van der Waals surface area (Å²) >= 11 is 0. The first-order valence-electron chi connectivity index (χ1n) is 6.02. The van der Waals surface area contributed by atoms with Gasteiger partial charge in [0.05, 0.1) is 0 Å². The van der Waals surface area contributed by atoms with Crippen LogP contribution in [-0.2, 0) is 14.8 Å². The van der Waals surface area contributed by atoms with Crippen molar-refractivity contribution in [3.05, 3.63) is 24.0 Å². The van der Waals surface area contributed by atoms with Crippen LogP contribution in [0.5, 0.6) is 0 Å². The number of carboxylic acids is 1. The highest BCUT2D eigenvalue weighted by molar-refractivity contribution is 7.89. The number of pyridine rings is 1. The van der Waals surface area contributed by atoms with Gasteiger partial charge < -0.3 is 5.11 Å². The van der Waals surface area contributed by atoms with Crippen molar-refractivity contribution in [1.82, 2.24) is 9.29 Å². The van der Waals surface area contributed by atoms with Crippen LogP contribution in [-0.4, -0.2) is 41.9 Å². The number of rotatable bonds is 6. The van der Waals surface area contributed by atoms with Crippen molar-refractivity contribution in [1.29, 1.82) is 5.26 Å². The normalized spacial score (nSPS) is 15.0. The minimum Gasteiger partial charge on any atom is -0.480 e. The topological polar surface area (TPSA) is 111 Å². The van der Waals surface area contributed by atoms with E-state index in [0.717, 1.165) is 17.1 Å².